The third kappa shape index (κ3) is 8.26. The summed E-state index contributed by atoms with van der Waals surface area (Å²) < 4.78 is 0. The first-order chi connectivity index (χ1) is 11.9. The highest BCUT2D eigenvalue weighted by molar-refractivity contribution is 5.93. The zero-order chi connectivity index (χ0) is 20.6. The van der Waals surface area contributed by atoms with Gasteiger partial charge in [0.25, 0.3) is 0 Å². The highest BCUT2D eigenvalue weighted by Crippen LogP contribution is 2.07. The molecule has 0 radical (unpaired) electrons. The maximum Gasteiger partial charge on any atom is 0.328 e. The van der Waals surface area contributed by atoms with Crippen molar-refractivity contribution in [3.63, 3.8) is 0 Å². The average Bonchev–Trinajstić information content (AvgIpc) is 2.49. The Hall–Kier alpha value is -2.20. The first kappa shape index (κ1) is 23.8. The zero-order valence-electron chi connectivity index (χ0n) is 15.8. The highest BCUT2D eigenvalue weighted by Gasteiger charge is 2.30. The van der Waals surface area contributed by atoms with Crippen molar-refractivity contribution >= 4 is 23.7 Å². The molecule has 0 aliphatic heterocycles. The summed E-state index contributed by atoms with van der Waals surface area (Å²) >= 11 is 0. The van der Waals surface area contributed by atoms with Crippen LogP contribution in [0.1, 0.15) is 41.0 Å². The van der Waals surface area contributed by atoms with Gasteiger partial charge in [-0.2, -0.15) is 0 Å². The molecule has 10 heteroatoms. The molecule has 0 aromatic heterocycles. The van der Waals surface area contributed by atoms with Gasteiger partial charge in [-0.05, 0) is 33.1 Å². The van der Waals surface area contributed by atoms with Gasteiger partial charge in [0.2, 0.25) is 17.7 Å². The van der Waals surface area contributed by atoms with Gasteiger partial charge in [-0.3, -0.25) is 14.4 Å². The molecule has 0 saturated carbocycles. The molecule has 0 aromatic carbocycles. The molecule has 0 saturated heterocycles. The first-order valence-electron chi connectivity index (χ1n) is 8.44. The molecule has 0 fully saturated rings. The van der Waals surface area contributed by atoms with E-state index in [1.807, 2.05) is 13.8 Å². The minimum atomic E-state index is -1.50. The number of aliphatic hydroxyl groups excluding tert-OH is 1. The van der Waals surface area contributed by atoms with Crippen LogP contribution in [-0.2, 0) is 19.2 Å². The lowest BCUT2D eigenvalue weighted by Gasteiger charge is -2.25. The van der Waals surface area contributed by atoms with E-state index in [2.05, 4.69) is 16.0 Å². The average molecular weight is 374 g/mol. The second-order valence-corrected chi connectivity index (χ2v) is 6.77. The normalized spacial score (nSPS) is 16.8. The summed E-state index contributed by atoms with van der Waals surface area (Å²) in [5.41, 5.74) is 5.42. The molecular formula is C16H30N4O6. The molecular weight excluding hydrogens is 344 g/mol. The minimum Gasteiger partial charge on any atom is -0.480 e. The maximum atomic E-state index is 12.4. The number of aliphatic carboxylic acids is 1. The highest BCUT2D eigenvalue weighted by atomic mass is 16.4. The number of carboxylic acid groups (broad SMARTS) is 1. The number of amides is 3. The van der Waals surface area contributed by atoms with Crippen LogP contribution in [0.4, 0.5) is 0 Å². The standard InChI is InChI=1S/C16H30N4O6/c1-7(2)6-11(15(24)20-12(10(5)21)16(25)26)19-14(23)9(4)18-13(22)8(3)17/h7-12,21H,6,17H2,1-5H3,(H,18,22)(H,19,23)(H,20,24)(H,25,26). The Morgan fingerprint density at radius 2 is 1.42 bits per heavy atom. The number of hydrogen-bond donors (Lipinski definition) is 6. The molecule has 0 spiro atoms. The van der Waals surface area contributed by atoms with E-state index in [1.54, 1.807) is 0 Å². The second kappa shape index (κ2) is 10.7. The number of carbonyl (C=O) groups is 4. The van der Waals surface area contributed by atoms with Crippen molar-refractivity contribution in [3.8, 4) is 0 Å². The minimum absolute atomic E-state index is 0.0230. The number of hydrogen-bond acceptors (Lipinski definition) is 6. The predicted molar refractivity (Wildman–Crippen MR) is 93.9 cm³/mol. The van der Waals surface area contributed by atoms with Gasteiger partial charge < -0.3 is 31.9 Å². The van der Waals surface area contributed by atoms with Crippen molar-refractivity contribution in [3.05, 3.63) is 0 Å². The van der Waals surface area contributed by atoms with Crippen molar-refractivity contribution in [2.24, 2.45) is 11.7 Å². The molecule has 0 heterocycles. The van der Waals surface area contributed by atoms with Gasteiger partial charge in [0, 0.05) is 0 Å². The molecule has 150 valence electrons. The summed E-state index contributed by atoms with van der Waals surface area (Å²) in [4.78, 5) is 47.3. The van der Waals surface area contributed by atoms with E-state index in [0.717, 1.165) is 0 Å². The first-order valence-corrected chi connectivity index (χ1v) is 8.44. The quantitative estimate of drug-likeness (QED) is 0.265. The number of aliphatic hydroxyl groups is 1. The fourth-order valence-electron chi connectivity index (χ4n) is 2.05. The van der Waals surface area contributed by atoms with Crippen LogP contribution in [-0.4, -0.2) is 64.2 Å². The largest absolute Gasteiger partial charge is 0.480 e. The van der Waals surface area contributed by atoms with Gasteiger partial charge in [0.15, 0.2) is 6.04 Å². The van der Waals surface area contributed by atoms with Gasteiger partial charge in [-0.15, -0.1) is 0 Å². The Kier molecular flexibility index (Phi) is 9.81. The summed E-state index contributed by atoms with van der Waals surface area (Å²) in [6.07, 6.45) is -1.06. The van der Waals surface area contributed by atoms with Crippen molar-refractivity contribution in [1.29, 1.82) is 0 Å². The van der Waals surface area contributed by atoms with Crippen LogP contribution < -0.4 is 21.7 Å². The molecule has 10 nitrogen and oxygen atoms in total. The Labute approximate surface area is 152 Å². The fraction of sp³-hybridized carbons (Fsp3) is 0.750. The van der Waals surface area contributed by atoms with Crippen LogP contribution in [0.3, 0.4) is 0 Å². The third-order valence-electron chi connectivity index (χ3n) is 3.55. The van der Waals surface area contributed by atoms with Crippen LogP contribution in [0.5, 0.6) is 0 Å². The summed E-state index contributed by atoms with van der Waals surface area (Å²) in [7, 11) is 0. The fourth-order valence-corrected chi connectivity index (χ4v) is 2.05. The van der Waals surface area contributed by atoms with Gasteiger partial charge in [-0.1, -0.05) is 13.8 Å². The van der Waals surface area contributed by atoms with E-state index in [0.29, 0.717) is 0 Å². The number of nitrogens with one attached hydrogen (secondary N) is 3. The van der Waals surface area contributed by atoms with Crippen LogP contribution in [0.2, 0.25) is 0 Å². The van der Waals surface area contributed by atoms with Crippen LogP contribution in [0.15, 0.2) is 0 Å². The summed E-state index contributed by atoms with van der Waals surface area (Å²) in [6, 6.07) is -4.23. The molecule has 0 rings (SSSR count). The van der Waals surface area contributed by atoms with Crippen molar-refractivity contribution in [2.75, 3.05) is 0 Å². The van der Waals surface area contributed by atoms with E-state index >= 15 is 0 Å². The van der Waals surface area contributed by atoms with E-state index in [9.17, 15) is 24.3 Å². The van der Waals surface area contributed by atoms with Crippen molar-refractivity contribution < 1.29 is 29.4 Å². The molecule has 5 unspecified atom stereocenters. The second-order valence-electron chi connectivity index (χ2n) is 6.77. The Morgan fingerprint density at radius 1 is 0.885 bits per heavy atom. The molecule has 0 bridgehead atoms. The maximum absolute atomic E-state index is 12.4. The topological polar surface area (TPSA) is 171 Å². The van der Waals surface area contributed by atoms with Gasteiger partial charge in [0.05, 0.1) is 12.1 Å². The molecule has 5 atom stereocenters. The summed E-state index contributed by atoms with van der Waals surface area (Å²) in [5.74, 6) is -3.22. The van der Waals surface area contributed by atoms with Gasteiger partial charge >= 0.3 is 5.97 Å². The zero-order valence-corrected chi connectivity index (χ0v) is 15.8. The molecule has 26 heavy (non-hydrogen) atoms. The Bertz CT molecular complexity index is 521. The molecule has 0 aliphatic carbocycles. The predicted octanol–water partition coefficient (Wildman–Crippen LogP) is -1.68. The lowest BCUT2D eigenvalue weighted by atomic mass is 10.0. The van der Waals surface area contributed by atoms with Crippen molar-refractivity contribution in [1.82, 2.24) is 16.0 Å². The number of carboxylic acids is 1. The lowest BCUT2D eigenvalue weighted by Crippen LogP contribution is -2.57. The molecule has 3 amide bonds. The van der Waals surface area contributed by atoms with Crippen LogP contribution >= 0.6 is 0 Å². The monoisotopic (exact) mass is 374 g/mol. The summed E-state index contributed by atoms with van der Waals surface area (Å²) in [6.45, 7) is 7.81. The van der Waals surface area contributed by atoms with Gasteiger partial charge in [0.1, 0.15) is 12.1 Å². The Morgan fingerprint density at radius 3 is 1.81 bits per heavy atom. The van der Waals surface area contributed by atoms with Crippen LogP contribution in [0.25, 0.3) is 0 Å². The Balaban J connectivity index is 5.08. The molecule has 0 aromatic rings. The van der Waals surface area contributed by atoms with Crippen LogP contribution in [0, 0.1) is 5.92 Å². The van der Waals surface area contributed by atoms with E-state index in [1.165, 1.54) is 20.8 Å². The smallest absolute Gasteiger partial charge is 0.328 e. The van der Waals surface area contributed by atoms with Crippen molar-refractivity contribution in [2.45, 2.75) is 71.3 Å². The van der Waals surface area contributed by atoms with Gasteiger partial charge in [-0.25, -0.2) is 4.79 Å². The SMILES string of the molecule is CC(C)CC(NC(=O)C(C)NC(=O)C(C)N)C(=O)NC(C(=O)O)C(C)O. The number of rotatable bonds is 10. The number of carbonyl (C=O) groups excluding carboxylic acids is 3. The third-order valence-corrected chi connectivity index (χ3v) is 3.55. The van der Waals surface area contributed by atoms with E-state index < -0.39 is 54.0 Å². The lowest BCUT2D eigenvalue weighted by molar-refractivity contribution is -0.145. The molecule has 0 aliphatic rings. The number of nitrogens with two attached hydrogens (primary N) is 1. The summed E-state index contributed by atoms with van der Waals surface area (Å²) in [5, 5.41) is 25.7. The molecule has 7 N–H and O–H groups in total. The van der Waals surface area contributed by atoms with E-state index in [4.69, 9.17) is 10.8 Å². The van der Waals surface area contributed by atoms with E-state index in [-0.39, 0.29) is 12.3 Å².